The molecule has 2 unspecified atom stereocenters. The van der Waals surface area contributed by atoms with E-state index >= 15 is 0 Å². The molecule has 17 nitrogen and oxygen atoms in total. The summed E-state index contributed by atoms with van der Waals surface area (Å²) in [4.78, 5) is 60.8. The molecule has 0 aromatic carbocycles. The van der Waals surface area contributed by atoms with E-state index in [9.17, 15) is 33.3 Å². The summed E-state index contributed by atoms with van der Waals surface area (Å²) in [5.41, 5.74) is 4.19. The number of halogens is 1. The first-order chi connectivity index (χ1) is 13.5. The van der Waals surface area contributed by atoms with Gasteiger partial charge in [-0.2, -0.15) is 8.62 Å². The van der Waals surface area contributed by atoms with Gasteiger partial charge in [0, 0.05) is 6.20 Å². The first kappa shape index (κ1) is 26.0. The summed E-state index contributed by atoms with van der Waals surface area (Å²) in [7, 11) is -16.7. The average molecular weight is 609 g/mol. The number of rotatable bonds is 8. The minimum Gasteiger partial charge on any atom is -0.389 e. The van der Waals surface area contributed by atoms with Crippen LogP contribution in [-0.4, -0.2) is 59.1 Å². The Labute approximate surface area is 179 Å². The van der Waals surface area contributed by atoms with E-state index < -0.39 is 65.8 Å². The zero-order valence-corrected chi connectivity index (χ0v) is 19.1. The predicted octanol–water partition coefficient (Wildman–Crippen LogP) is -1.93. The fraction of sp³-hybridized carbons (Fsp3) is 0.556. The largest absolute Gasteiger partial charge is 0.490 e. The summed E-state index contributed by atoms with van der Waals surface area (Å²) in [5.74, 6) is 0. The van der Waals surface area contributed by atoms with Crippen molar-refractivity contribution < 1.29 is 56.3 Å². The number of phosphoric acid groups is 3. The lowest BCUT2D eigenvalue weighted by molar-refractivity contribution is -0.0456. The van der Waals surface area contributed by atoms with Crippen molar-refractivity contribution in [1.82, 2.24) is 9.55 Å². The third-order valence-corrected chi connectivity index (χ3v) is 8.01. The maximum absolute atomic E-state index is 11.9. The van der Waals surface area contributed by atoms with Gasteiger partial charge in [-0.25, -0.2) is 18.5 Å². The Morgan fingerprint density at radius 2 is 1.77 bits per heavy atom. The minimum atomic E-state index is -5.71. The van der Waals surface area contributed by atoms with Gasteiger partial charge in [-0.3, -0.25) is 18.9 Å². The second-order valence-electron chi connectivity index (χ2n) is 5.66. The Kier molecular flexibility index (Phi) is 8.03. The molecule has 6 atom stereocenters. The van der Waals surface area contributed by atoms with Crippen LogP contribution in [0.5, 0.6) is 0 Å². The fourth-order valence-electron chi connectivity index (χ4n) is 2.28. The number of aliphatic hydroxyl groups is 1. The van der Waals surface area contributed by atoms with Gasteiger partial charge in [0.1, 0.15) is 12.2 Å². The van der Waals surface area contributed by atoms with E-state index in [1.165, 1.54) is 0 Å². The summed E-state index contributed by atoms with van der Waals surface area (Å²) < 4.78 is 51.3. The van der Waals surface area contributed by atoms with Crippen molar-refractivity contribution in [2.24, 2.45) is 5.73 Å². The Bertz CT molecular complexity index is 1050. The standard InChI is InChI=1S/C9H15IN3O14P3/c10-3-1-13(9(16)12-7(3)15)8-5(11)6(14)4(25-8)2-24-29(20,21)27-30(22,23)26-28(17,18)19/h1,4-6,8,14H,2,11H2,(H,20,21)(H,22,23)(H,12,15,16)(H2,17,18,19)/t4-,5-,6-,8-/m1/s1. The number of aliphatic hydroxyl groups excluding tert-OH is 1. The summed E-state index contributed by atoms with van der Waals surface area (Å²) in [6, 6.07) is -1.26. The second-order valence-corrected chi connectivity index (χ2v) is 11.2. The van der Waals surface area contributed by atoms with Crippen molar-refractivity contribution in [3.8, 4) is 0 Å². The molecule has 0 radical (unpaired) electrons. The fourth-order valence-corrected chi connectivity index (χ4v) is 5.74. The Morgan fingerprint density at radius 3 is 2.33 bits per heavy atom. The monoisotopic (exact) mass is 609 g/mol. The third kappa shape index (κ3) is 6.85. The van der Waals surface area contributed by atoms with E-state index in [1.807, 2.05) is 4.98 Å². The van der Waals surface area contributed by atoms with Gasteiger partial charge < -0.3 is 35.2 Å². The minimum absolute atomic E-state index is 0.0919. The molecule has 172 valence electrons. The number of aromatic nitrogens is 2. The van der Waals surface area contributed by atoms with Crippen molar-refractivity contribution in [3.05, 3.63) is 30.6 Å². The van der Waals surface area contributed by atoms with Gasteiger partial charge >= 0.3 is 29.2 Å². The van der Waals surface area contributed by atoms with Crippen LogP contribution in [0.4, 0.5) is 0 Å². The highest BCUT2D eigenvalue weighted by molar-refractivity contribution is 14.1. The molecule has 1 aliphatic rings. The lowest BCUT2D eigenvalue weighted by Crippen LogP contribution is -2.43. The number of phosphoric ester groups is 1. The zero-order valence-electron chi connectivity index (χ0n) is 14.2. The van der Waals surface area contributed by atoms with Gasteiger partial charge in [0.05, 0.1) is 16.2 Å². The SMILES string of the molecule is N[C@@H]1[C@H](O)[C@@H](COP(=O)(O)OP(=O)(O)OP(=O)(O)O)O[C@H]1n1cc(I)c(=O)[nH]c1=O. The molecule has 2 heterocycles. The molecular weight excluding hydrogens is 594 g/mol. The molecule has 2 rings (SSSR count). The van der Waals surface area contributed by atoms with E-state index in [-0.39, 0.29) is 3.57 Å². The van der Waals surface area contributed by atoms with Crippen LogP contribution in [0, 0.1) is 3.57 Å². The van der Waals surface area contributed by atoms with Crippen LogP contribution in [0.1, 0.15) is 6.23 Å². The molecule has 1 aliphatic heterocycles. The zero-order chi connectivity index (χ0) is 23.1. The number of hydrogen-bond donors (Lipinski definition) is 7. The topological polar surface area (TPSA) is 270 Å². The van der Waals surface area contributed by atoms with Crippen LogP contribution >= 0.6 is 46.1 Å². The van der Waals surface area contributed by atoms with Crippen molar-refractivity contribution in [2.75, 3.05) is 6.61 Å². The molecule has 1 fully saturated rings. The highest BCUT2D eigenvalue weighted by atomic mass is 127. The molecule has 0 amide bonds. The number of nitrogens with zero attached hydrogens (tertiary/aromatic N) is 1. The van der Waals surface area contributed by atoms with Crippen LogP contribution in [-0.2, 0) is 31.6 Å². The van der Waals surface area contributed by atoms with E-state index in [1.54, 1.807) is 22.6 Å². The Morgan fingerprint density at radius 1 is 1.17 bits per heavy atom. The molecular formula is C9H15IN3O14P3. The van der Waals surface area contributed by atoms with Gasteiger partial charge in [-0.1, -0.05) is 0 Å². The molecule has 30 heavy (non-hydrogen) atoms. The van der Waals surface area contributed by atoms with Gasteiger partial charge in [-0.05, 0) is 22.6 Å². The van der Waals surface area contributed by atoms with Crippen LogP contribution < -0.4 is 17.0 Å². The predicted molar refractivity (Wildman–Crippen MR) is 102 cm³/mol. The number of hydrogen-bond acceptors (Lipinski definition) is 11. The highest BCUT2D eigenvalue weighted by Crippen LogP contribution is 2.66. The number of H-pyrrole nitrogens is 1. The summed E-state index contributed by atoms with van der Waals surface area (Å²) in [5, 5.41) is 10.1. The quantitative estimate of drug-likeness (QED) is 0.125. The van der Waals surface area contributed by atoms with Gasteiger partial charge in [0.15, 0.2) is 6.23 Å². The lowest BCUT2D eigenvalue weighted by Gasteiger charge is -2.19. The lowest BCUT2D eigenvalue weighted by atomic mass is 10.1. The Hall–Kier alpha value is -0.300. The molecule has 0 bridgehead atoms. The maximum atomic E-state index is 11.9. The molecule has 21 heteroatoms. The Balaban J connectivity index is 2.09. The normalized spacial score (nSPS) is 28.8. The van der Waals surface area contributed by atoms with Crippen molar-refractivity contribution in [2.45, 2.75) is 24.5 Å². The van der Waals surface area contributed by atoms with E-state index in [4.69, 9.17) is 25.2 Å². The number of aromatic amines is 1. The first-order valence-electron chi connectivity index (χ1n) is 7.40. The third-order valence-electron chi connectivity index (χ3n) is 3.44. The molecule has 0 aliphatic carbocycles. The molecule has 1 aromatic heterocycles. The van der Waals surface area contributed by atoms with Crippen molar-refractivity contribution >= 4 is 46.1 Å². The van der Waals surface area contributed by atoms with E-state index in [2.05, 4.69) is 13.1 Å². The van der Waals surface area contributed by atoms with Crippen LogP contribution in [0.3, 0.4) is 0 Å². The summed E-state index contributed by atoms with van der Waals surface area (Å²) in [6.07, 6.45) is -3.25. The molecule has 0 saturated carbocycles. The van der Waals surface area contributed by atoms with E-state index in [0.29, 0.717) is 0 Å². The molecule has 0 spiro atoms. The first-order valence-corrected chi connectivity index (χ1v) is 13.0. The summed E-state index contributed by atoms with van der Waals surface area (Å²) in [6.45, 7) is -0.968. The van der Waals surface area contributed by atoms with Crippen LogP contribution in [0.2, 0.25) is 0 Å². The average Bonchev–Trinajstić information content (AvgIpc) is 2.81. The second kappa shape index (κ2) is 9.29. The summed E-state index contributed by atoms with van der Waals surface area (Å²) >= 11 is 1.63. The van der Waals surface area contributed by atoms with Crippen LogP contribution in [0.25, 0.3) is 0 Å². The number of ether oxygens (including phenoxy) is 1. The van der Waals surface area contributed by atoms with Gasteiger partial charge in [0.2, 0.25) is 0 Å². The molecule has 8 N–H and O–H groups in total. The molecule has 1 aromatic rings. The van der Waals surface area contributed by atoms with Gasteiger partial charge in [-0.15, -0.1) is 0 Å². The maximum Gasteiger partial charge on any atom is 0.490 e. The highest BCUT2D eigenvalue weighted by Gasteiger charge is 2.46. The number of nitrogens with one attached hydrogen (secondary N) is 1. The van der Waals surface area contributed by atoms with Crippen molar-refractivity contribution in [3.63, 3.8) is 0 Å². The van der Waals surface area contributed by atoms with E-state index in [0.717, 1.165) is 10.8 Å². The van der Waals surface area contributed by atoms with Crippen molar-refractivity contribution in [1.29, 1.82) is 0 Å². The smallest absolute Gasteiger partial charge is 0.389 e. The number of nitrogens with two attached hydrogens (primary N) is 1. The van der Waals surface area contributed by atoms with Gasteiger partial charge in [0.25, 0.3) is 5.56 Å². The van der Waals surface area contributed by atoms with Crippen LogP contribution in [0.15, 0.2) is 15.8 Å². The molecule has 1 saturated heterocycles.